The van der Waals surface area contributed by atoms with Crippen molar-refractivity contribution in [2.45, 2.75) is 333 Å². The van der Waals surface area contributed by atoms with Gasteiger partial charge in [-0.25, -0.2) is 0 Å². The Labute approximate surface area is 483 Å². The van der Waals surface area contributed by atoms with Crippen LogP contribution in [0.15, 0.2) is 72.9 Å². The van der Waals surface area contributed by atoms with Gasteiger partial charge in [-0.15, -0.1) is 0 Å². The molecular formula is C68H121NO10. The maximum atomic E-state index is 13.4. The molecular weight excluding hydrogens is 991 g/mol. The van der Waals surface area contributed by atoms with Crippen LogP contribution in [0.3, 0.4) is 0 Å². The molecule has 8 unspecified atom stereocenters. The number of unbranched alkanes of at least 4 members (excludes halogenated alkanes) is 31. The minimum atomic E-state index is -1.63. The van der Waals surface area contributed by atoms with E-state index in [2.05, 4.69) is 86.8 Å². The molecule has 0 spiro atoms. The predicted octanol–water partition coefficient (Wildman–Crippen LogP) is 16.0. The van der Waals surface area contributed by atoms with Crippen molar-refractivity contribution in [3.63, 3.8) is 0 Å². The number of nitrogens with one attached hydrogen (secondary N) is 1. The molecule has 1 aliphatic heterocycles. The van der Waals surface area contributed by atoms with Crippen LogP contribution in [0, 0.1) is 0 Å². The van der Waals surface area contributed by atoms with Crippen LogP contribution in [0.25, 0.3) is 0 Å². The Hall–Kier alpha value is -2.90. The number of hydrogen-bond donors (Lipinski definition) is 6. The first-order chi connectivity index (χ1) is 38.7. The normalized spacial score (nSPS) is 19.3. The highest BCUT2D eigenvalue weighted by molar-refractivity contribution is 5.80. The molecule has 8 atom stereocenters. The number of carbonyl (C=O) groups excluding carboxylic acids is 2. The first-order valence-corrected chi connectivity index (χ1v) is 32.7. The van der Waals surface area contributed by atoms with E-state index in [0.717, 1.165) is 83.5 Å². The van der Waals surface area contributed by atoms with Crippen LogP contribution in [-0.4, -0.2) is 99.6 Å². The molecule has 1 rings (SSSR count). The third-order valence-corrected chi connectivity index (χ3v) is 15.1. The van der Waals surface area contributed by atoms with E-state index in [1.54, 1.807) is 6.08 Å². The second kappa shape index (κ2) is 55.6. The fourth-order valence-electron chi connectivity index (χ4n) is 9.86. The molecule has 1 fully saturated rings. The third-order valence-electron chi connectivity index (χ3n) is 15.1. The van der Waals surface area contributed by atoms with Crippen molar-refractivity contribution in [2.75, 3.05) is 13.2 Å². The SMILES string of the molecule is CCCCC/C=C\C/C=C\C/C=C\C/C=C\CCCCCC(=O)OC1C(OCC(NC(=O)C(O)CCCCCCCCCC/C=C/CCCCCCCC)C(O)/C=C/CCCCCCCCCCCCC)OC(CO)C(O)C1O. The summed E-state index contributed by atoms with van der Waals surface area (Å²) in [7, 11) is 0. The van der Waals surface area contributed by atoms with E-state index in [9.17, 15) is 35.1 Å². The molecule has 0 aliphatic carbocycles. The van der Waals surface area contributed by atoms with Gasteiger partial charge in [0, 0.05) is 6.42 Å². The molecule has 11 heteroatoms. The Balaban J connectivity index is 2.69. The lowest BCUT2D eigenvalue weighted by Crippen LogP contribution is -2.61. The summed E-state index contributed by atoms with van der Waals surface area (Å²) in [4.78, 5) is 26.6. The Bertz CT molecular complexity index is 1560. The van der Waals surface area contributed by atoms with Crippen molar-refractivity contribution in [1.29, 1.82) is 0 Å². The fraction of sp³-hybridized carbons (Fsp3) is 0.794. The fourth-order valence-corrected chi connectivity index (χ4v) is 9.86. The van der Waals surface area contributed by atoms with Gasteiger partial charge in [0.15, 0.2) is 12.4 Å². The first-order valence-electron chi connectivity index (χ1n) is 32.7. The van der Waals surface area contributed by atoms with Gasteiger partial charge in [0.25, 0.3) is 0 Å². The number of aliphatic hydroxyl groups is 5. The highest BCUT2D eigenvalue weighted by atomic mass is 16.7. The Kier molecular flexibility index (Phi) is 52.2. The van der Waals surface area contributed by atoms with Crippen LogP contribution in [0.1, 0.15) is 284 Å². The average molecular weight is 1110 g/mol. The summed E-state index contributed by atoms with van der Waals surface area (Å²) in [5.74, 6) is -1.23. The predicted molar refractivity (Wildman–Crippen MR) is 329 cm³/mol. The largest absolute Gasteiger partial charge is 0.454 e. The summed E-state index contributed by atoms with van der Waals surface area (Å²) in [5.41, 5.74) is 0. The Morgan fingerprint density at radius 3 is 1.34 bits per heavy atom. The highest BCUT2D eigenvalue weighted by Gasteiger charge is 2.47. The lowest BCUT2D eigenvalue weighted by Gasteiger charge is -2.41. The van der Waals surface area contributed by atoms with Crippen molar-refractivity contribution in [3.05, 3.63) is 72.9 Å². The molecule has 1 heterocycles. The molecule has 0 radical (unpaired) electrons. The average Bonchev–Trinajstić information content (AvgIpc) is 3.49. The van der Waals surface area contributed by atoms with E-state index in [-0.39, 0.29) is 19.4 Å². The van der Waals surface area contributed by atoms with Crippen LogP contribution >= 0.6 is 0 Å². The van der Waals surface area contributed by atoms with E-state index in [0.29, 0.717) is 12.8 Å². The second-order valence-corrected chi connectivity index (χ2v) is 22.5. The molecule has 1 amide bonds. The topological polar surface area (TPSA) is 175 Å². The monoisotopic (exact) mass is 1110 g/mol. The molecule has 0 aromatic carbocycles. The third kappa shape index (κ3) is 43.5. The number of rotatable bonds is 55. The molecule has 0 saturated carbocycles. The van der Waals surface area contributed by atoms with Crippen LogP contribution in [0.5, 0.6) is 0 Å². The van der Waals surface area contributed by atoms with Gasteiger partial charge in [-0.3, -0.25) is 9.59 Å². The number of carbonyl (C=O) groups is 2. The molecule has 0 aromatic heterocycles. The van der Waals surface area contributed by atoms with Crippen LogP contribution in [-0.2, 0) is 23.8 Å². The van der Waals surface area contributed by atoms with Crippen molar-refractivity contribution in [1.82, 2.24) is 5.32 Å². The number of esters is 1. The molecule has 1 aliphatic rings. The van der Waals surface area contributed by atoms with Gasteiger partial charge in [-0.1, -0.05) is 254 Å². The van der Waals surface area contributed by atoms with Gasteiger partial charge in [0.2, 0.25) is 5.91 Å². The summed E-state index contributed by atoms with van der Waals surface area (Å²) >= 11 is 0. The van der Waals surface area contributed by atoms with Gasteiger partial charge in [-0.05, 0) is 96.3 Å². The molecule has 0 bridgehead atoms. The van der Waals surface area contributed by atoms with Gasteiger partial charge < -0.3 is 45.1 Å². The molecule has 0 aromatic rings. The van der Waals surface area contributed by atoms with Crippen molar-refractivity contribution in [2.24, 2.45) is 0 Å². The minimum absolute atomic E-state index is 0.0841. The number of amides is 1. The number of allylic oxidation sites excluding steroid dienone is 11. The van der Waals surface area contributed by atoms with Gasteiger partial charge >= 0.3 is 5.97 Å². The maximum Gasteiger partial charge on any atom is 0.306 e. The van der Waals surface area contributed by atoms with Crippen molar-refractivity contribution in [3.8, 4) is 0 Å². The molecule has 11 nitrogen and oxygen atoms in total. The molecule has 6 N–H and O–H groups in total. The smallest absolute Gasteiger partial charge is 0.306 e. The maximum absolute atomic E-state index is 13.4. The second-order valence-electron chi connectivity index (χ2n) is 22.5. The Morgan fingerprint density at radius 1 is 0.494 bits per heavy atom. The Morgan fingerprint density at radius 2 is 0.873 bits per heavy atom. The molecule has 79 heavy (non-hydrogen) atoms. The first kappa shape index (κ1) is 74.1. The number of ether oxygens (including phenoxy) is 3. The number of aliphatic hydroxyl groups excluding tert-OH is 5. The minimum Gasteiger partial charge on any atom is -0.454 e. The van der Waals surface area contributed by atoms with Crippen molar-refractivity contribution >= 4 is 11.9 Å². The lowest BCUT2D eigenvalue weighted by molar-refractivity contribution is -0.305. The summed E-state index contributed by atoms with van der Waals surface area (Å²) in [5, 5.41) is 57.1. The van der Waals surface area contributed by atoms with Crippen LogP contribution < -0.4 is 5.32 Å². The summed E-state index contributed by atoms with van der Waals surface area (Å²) in [6, 6.07) is -1.03. The van der Waals surface area contributed by atoms with Gasteiger partial charge in [0.05, 0.1) is 25.4 Å². The quantitative estimate of drug-likeness (QED) is 0.0195. The van der Waals surface area contributed by atoms with E-state index in [1.807, 2.05) is 6.08 Å². The van der Waals surface area contributed by atoms with Gasteiger partial charge in [0.1, 0.15) is 24.4 Å². The number of hydrogen-bond acceptors (Lipinski definition) is 10. The zero-order valence-corrected chi connectivity index (χ0v) is 50.7. The van der Waals surface area contributed by atoms with Gasteiger partial charge in [-0.2, -0.15) is 0 Å². The standard InChI is InChI=1S/C68H121NO10/c1-4-7-10-13-16-19-22-25-27-29-31-33-35-38-41-44-47-50-53-56-63(73)79-66-65(75)64(74)62(57-70)78-68(66)77-58-59(60(71)54-51-48-45-42-39-36-24-21-18-15-12-9-6-3)69-67(76)61(72)55-52-49-46-43-40-37-34-32-30-28-26-23-20-17-14-11-8-5-2/h16,19,25-28,31,33,38,41,51,54,59-62,64-66,68,70-72,74-75H,4-15,17-18,20-24,29-30,32,34-37,39-40,42-50,52-53,55-58H2,1-3H3,(H,69,76)/b19-16-,27-25-,28-26+,33-31-,41-38-,54-51+. The molecule has 458 valence electrons. The zero-order chi connectivity index (χ0) is 57.5. The van der Waals surface area contributed by atoms with E-state index < -0.39 is 67.4 Å². The van der Waals surface area contributed by atoms with E-state index >= 15 is 0 Å². The zero-order valence-electron chi connectivity index (χ0n) is 50.7. The summed E-state index contributed by atoms with van der Waals surface area (Å²) in [6.07, 6.45) is 60.7. The van der Waals surface area contributed by atoms with Crippen molar-refractivity contribution < 1.29 is 49.3 Å². The molecule has 1 saturated heterocycles. The highest BCUT2D eigenvalue weighted by Crippen LogP contribution is 2.26. The summed E-state index contributed by atoms with van der Waals surface area (Å²) < 4.78 is 17.6. The summed E-state index contributed by atoms with van der Waals surface area (Å²) in [6.45, 7) is 5.76. The van der Waals surface area contributed by atoms with E-state index in [1.165, 1.54) is 154 Å². The lowest BCUT2D eigenvalue weighted by atomic mass is 9.99. The van der Waals surface area contributed by atoms with Crippen LogP contribution in [0.4, 0.5) is 0 Å². The van der Waals surface area contributed by atoms with E-state index in [4.69, 9.17) is 14.2 Å². The van der Waals surface area contributed by atoms with Crippen LogP contribution in [0.2, 0.25) is 0 Å².